The lowest BCUT2D eigenvalue weighted by Crippen LogP contribution is -2.31. The van der Waals surface area contributed by atoms with Gasteiger partial charge in [0.1, 0.15) is 0 Å². The fourth-order valence-electron chi connectivity index (χ4n) is 2.87. The van der Waals surface area contributed by atoms with Crippen molar-refractivity contribution in [3.05, 3.63) is 101 Å². The van der Waals surface area contributed by atoms with Gasteiger partial charge < -0.3 is 0 Å². The average Bonchev–Trinajstić information content (AvgIpc) is 2.77. The Morgan fingerprint density at radius 1 is 1.03 bits per heavy atom. The van der Waals surface area contributed by atoms with E-state index in [1.165, 1.54) is 18.2 Å². The molecule has 0 aromatic heterocycles. The molecule has 2 bridgehead atoms. The molecule has 4 rings (SSSR count). The second kappa shape index (κ2) is 8.41. The van der Waals surface area contributed by atoms with Crippen molar-refractivity contribution in [2.45, 2.75) is 0 Å². The van der Waals surface area contributed by atoms with E-state index in [9.17, 15) is 9.59 Å². The normalized spacial score (nSPS) is 14.0. The topological polar surface area (TPSA) is 85.2 Å². The standard InChI is InChI=1S/C21H14N4O2S2/c22-13-14-5-4-8-16(11-14)20(26)23-21(27)28-24-29-25-17-9-10-18(19(25)12-17)15-6-2-1-3-7-15/h1-12,24H,(H,23,26,27). The number of benzene rings is 2. The molecule has 0 radical (unpaired) electrons. The number of carbonyl (C=O) groups is 2. The molecular formula is C21H14N4O2S2. The van der Waals surface area contributed by atoms with Crippen molar-refractivity contribution >= 4 is 40.8 Å². The Hall–Kier alpha value is -3.25. The van der Waals surface area contributed by atoms with Gasteiger partial charge in [0.05, 0.1) is 35.2 Å². The number of nitrogens with zero attached hydrogens (tertiary/aromatic N) is 2. The van der Waals surface area contributed by atoms with Crippen molar-refractivity contribution in [2.24, 2.45) is 0 Å². The highest BCUT2D eigenvalue weighted by Crippen LogP contribution is 2.44. The zero-order valence-corrected chi connectivity index (χ0v) is 16.6. The molecule has 0 unspecified atom stereocenters. The number of nitrogens with one attached hydrogen (secondary N) is 2. The highest BCUT2D eigenvalue weighted by atomic mass is 32.2. The first-order chi connectivity index (χ1) is 14.2. The van der Waals surface area contributed by atoms with Gasteiger partial charge in [0.2, 0.25) is 0 Å². The Morgan fingerprint density at radius 2 is 1.86 bits per heavy atom. The van der Waals surface area contributed by atoms with Gasteiger partial charge in [-0.1, -0.05) is 42.5 Å². The number of imide groups is 1. The number of nitriles is 1. The minimum Gasteiger partial charge on any atom is -0.282 e. The van der Waals surface area contributed by atoms with Gasteiger partial charge in [-0.2, -0.15) is 9.39 Å². The van der Waals surface area contributed by atoms with Crippen LogP contribution >= 0.6 is 24.1 Å². The third-order valence-electron chi connectivity index (χ3n) is 4.25. The van der Waals surface area contributed by atoms with E-state index in [1.807, 2.05) is 34.6 Å². The fraction of sp³-hybridized carbons (Fsp3) is 0. The van der Waals surface area contributed by atoms with Crippen LogP contribution < -0.4 is 9.44 Å². The molecule has 2 heterocycles. The molecule has 142 valence electrons. The molecule has 6 nitrogen and oxygen atoms in total. The number of allylic oxidation sites excluding steroid dienone is 4. The van der Waals surface area contributed by atoms with Crippen LogP contribution in [0.1, 0.15) is 21.5 Å². The summed E-state index contributed by atoms with van der Waals surface area (Å²) in [7, 11) is 0. The maximum absolute atomic E-state index is 12.1. The number of hydrogen-bond acceptors (Lipinski definition) is 7. The summed E-state index contributed by atoms with van der Waals surface area (Å²) in [6.07, 6.45) is 6.17. The maximum Gasteiger partial charge on any atom is 0.301 e. The van der Waals surface area contributed by atoms with E-state index in [2.05, 4.69) is 33.7 Å². The van der Waals surface area contributed by atoms with Gasteiger partial charge in [-0.25, -0.2) is 0 Å². The van der Waals surface area contributed by atoms with Crippen molar-refractivity contribution in [2.75, 3.05) is 0 Å². The van der Waals surface area contributed by atoms with Crippen molar-refractivity contribution in [1.29, 1.82) is 5.26 Å². The molecule has 0 atom stereocenters. The molecule has 2 aromatic carbocycles. The van der Waals surface area contributed by atoms with Crippen molar-refractivity contribution < 1.29 is 9.59 Å². The summed E-state index contributed by atoms with van der Waals surface area (Å²) < 4.78 is 4.89. The Labute approximate surface area is 176 Å². The third-order valence-corrected chi connectivity index (χ3v) is 5.76. The summed E-state index contributed by atoms with van der Waals surface area (Å²) in [6, 6.07) is 18.2. The van der Waals surface area contributed by atoms with E-state index in [0.717, 1.165) is 34.5 Å². The third kappa shape index (κ3) is 4.12. The van der Waals surface area contributed by atoms with Gasteiger partial charge in [0.25, 0.3) is 5.91 Å². The molecule has 0 saturated heterocycles. The average molecular weight is 419 g/mol. The van der Waals surface area contributed by atoms with Crippen LogP contribution in [-0.2, 0) is 0 Å². The minimum atomic E-state index is -0.549. The summed E-state index contributed by atoms with van der Waals surface area (Å²) in [6.45, 7) is 0. The van der Waals surface area contributed by atoms with E-state index in [1.54, 1.807) is 18.2 Å². The fourth-order valence-corrected chi connectivity index (χ4v) is 4.23. The zero-order chi connectivity index (χ0) is 20.2. The Balaban J connectivity index is 1.28. The van der Waals surface area contributed by atoms with Crippen molar-refractivity contribution in [3.63, 3.8) is 0 Å². The van der Waals surface area contributed by atoms with E-state index in [4.69, 9.17) is 5.26 Å². The molecule has 0 spiro atoms. The molecule has 0 saturated carbocycles. The summed E-state index contributed by atoms with van der Waals surface area (Å²) in [5.74, 6) is -0.549. The quantitative estimate of drug-likeness (QED) is 0.697. The number of fused-ring (bicyclic) bond motifs is 2. The first-order valence-electron chi connectivity index (χ1n) is 8.59. The molecule has 2 N–H and O–H groups in total. The summed E-state index contributed by atoms with van der Waals surface area (Å²) in [5.41, 5.74) is 4.93. The number of rotatable bonds is 5. The molecule has 0 fully saturated rings. The van der Waals surface area contributed by atoms with Gasteiger partial charge in [0, 0.05) is 23.1 Å². The van der Waals surface area contributed by atoms with Gasteiger partial charge in [-0.3, -0.25) is 19.2 Å². The van der Waals surface area contributed by atoms with Crippen LogP contribution in [0.15, 0.2) is 84.2 Å². The van der Waals surface area contributed by atoms with Crippen LogP contribution in [0.2, 0.25) is 0 Å². The first-order valence-corrected chi connectivity index (χ1v) is 10.2. The summed E-state index contributed by atoms with van der Waals surface area (Å²) in [4.78, 5) is 24.2. The lowest BCUT2D eigenvalue weighted by Gasteiger charge is -2.38. The van der Waals surface area contributed by atoms with E-state index in [0.29, 0.717) is 5.56 Å². The lowest BCUT2D eigenvalue weighted by atomic mass is 9.94. The summed E-state index contributed by atoms with van der Waals surface area (Å²) >= 11 is 2.05. The molecule has 2 aliphatic heterocycles. The van der Waals surface area contributed by atoms with Gasteiger partial charge in [-0.05, 0) is 35.9 Å². The van der Waals surface area contributed by atoms with Crippen LogP contribution in [0.4, 0.5) is 4.79 Å². The van der Waals surface area contributed by atoms with Crippen LogP contribution in [0, 0.1) is 11.3 Å². The van der Waals surface area contributed by atoms with Gasteiger partial charge in [0.15, 0.2) is 0 Å². The van der Waals surface area contributed by atoms with Gasteiger partial charge in [-0.15, -0.1) is 0 Å². The lowest BCUT2D eigenvalue weighted by molar-refractivity contribution is 0.0969. The van der Waals surface area contributed by atoms with Gasteiger partial charge >= 0.3 is 5.24 Å². The molecular weight excluding hydrogens is 404 g/mol. The number of amides is 2. The molecule has 0 aliphatic carbocycles. The smallest absolute Gasteiger partial charge is 0.282 e. The number of hydrogen-bond donors (Lipinski definition) is 2. The first kappa shape index (κ1) is 19.1. The van der Waals surface area contributed by atoms with Crippen molar-refractivity contribution in [3.8, 4) is 6.07 Å². The second-order valence-corrected chi connectivity index (χ2v) is 7.86. The SMILES string of the molecule is N#Cc1cccc(C(=O)NC(=O)SNSN2c3ccc(-c4ccccc4)c2c3)c1. The largest absolute Gasteiger partial charge is 0.301 e. The Bertz CT molecular complexity index is 1110. The predicted molar refractivity (Wildman–Crippen MR) is 115 cm³/mol. The summed E-state index contributed by atoms with van der Waals surface area (Å²) in [5, 5.41) is 10.7. The zero-order valence-electron chi connectivity index (χ0n) is 15.0. The van der Waals surface area contributed by atoms with E-state index < -0.39 is 11.1 Å². The highest BCUT2D eigenvalue weighted by Gasteiger charge is 2.30. The van der Waals surface area contributed by atoms with E-state index >= 15 is 0 Å². The molecule has 2 aliphatic rings. The van der Waals surface area contributed by atoms with E-state index in [-0.39, 0.29) is 5.56 Å². The highest BCUT2D eigenvalue weighted by molar-refractivity contribution is 8.20. The molecule has 29 heavy (non-hydrogen) atoms. The molecule has 8 heteroatoms. The van der Waals surface area contributed by atoms with Crippen LogP contribution in [0.5, 0.6) is 0 Å². The van der Waals surface area contributed by atoms with Crippen LogP contribution in [0.25, 0.3) is 5.57 Å². The van der Waals surface area contributed by atoms with Crippen molar-refractivity contribution in [1.82, 2.24) is 13.7 Å². The molecule has 2 aromatic rings. The minimum absolute atomic E-state index is 0.260. The Kier molecular flexibility index (Phi) is 5.53. The predicted octanol–water partition coefficient (Wildman–Crippen LogP) is 4.39. The number of carbonyl (C=O) groups excluding carboxylic acids is 2. The monoisotopic (exact) mass is 418 g/mol. The van der Waals surface area contributed by atoms with Crippen LogP contribution in [0.3, 0.4) is 0 Å². The maximum atomic E-state index is 12.1. The second-order valence-electron chi connectivity index (χ2n) is 6.07. The van der Waals surface area contributed by atoms with Crippen LogP contribution in [-0.4, -0.2) is 15.5 Å². The molecule has 2 amide bonds. The Morgan fingerprint density at radius 3 is 2.62 bits per heavy atom.